The third-order valence-corrected chi connectivity index (χ3v) is 5.78. The number of hydrogen-bond acceptors (Lipinski definition) is 1. The van der Waals surface area contributed by atoms with E-state index in [1.165, 1.54) is 0 Å². The van der Waals surface area contributed by atoms with Gasteiger partial charge in [-0.15, -0.1) is 11.6 Å². The zero-order valence-corrected chi connectivity index (χ0v) is 13.6. The van der Waals surface area contributed by atoms with Crippen LogP contribution in [0.2, 0.25) is 0 Å². The predicted octanol–water partition coefficient (Wildman–Crippen LogP) is 5.56. The Hall–Kier alpha value is 0.0400. The second-order valence-electron chi connectivity index (χ2n) is 6.81. The molecule has 1 nitrogen and oxygen atoms in total. The molecule has 0 aliphatic heterocycles. The van der Waals surface area contributed by atoms with Crippen LogP contribution in [0.1, 0.15) is 58.8 Å². The highest BCUT2D eigenvalue weighted by atomic mass is 35.5. The second kappa shape index (κ2) is 7.08. The van der Waals surface area contributed by atoms with E-state index in [-0.39, 0.29) is 5.92 Å². The summed E-state index contributed by atoms with van der Waals surface area (Å²) >= 11 is 6.04. The lowest BCUT2D eigenvalue weighted by Crippen LogP contribution is -2.47. The summed E-state index contributed by atoms with van der Waals surface area (Å²) in [5, 5.41) is -0.961. The molecule has 2 aliphatic rings. The summed E-state index contributed by atoms with van der Waals surface area (Å²) < 4.78 is 47.7. The molecule has 2 fully saturated rings. The minimum Gasteiger partial charge on any atom is -0.315 e. The van der Waals surface area contributed by atoms with Crippen LogP contribution in [0.4, 0.5) is 13.2 Å². The van der Waals surface area contributed by atoms with Crippen LogP contribution in [0, 0.1) is 17.8 Å². The minimum atomic E-state index is -3.18. The maximum Gasteiger partial charge on any atom is 0.358 e. The normalized spacial score (nSPS) is 42.0. The molecule has 0 aromatic carbocycles. The van der Waals surface area contributed by atoms with E-state index in [0.717, 1.165) is 12.8 Å². The van der Waals surface area contributed by atoms with E-state index in [0.29, 0.717) is 38.0 Å². The van der Waals surface area contributed by atoms with Crippen LogP contribution in [0.15, 0.2) is 0 Å². The molecule has 0 radical (unpaired) electrons. The van der Waals surface area contributed by atoms with Gasteiger partial charge in [0.1, 0.15) is 6.17 Å². The van der Waals surface area contributed by atoms with Gasteiger partial charge < -0.3 is 4.74 Å². The fourth-order valence-corrected chi connectivity index (χ4v) is 3.99. The SMILES string of the molecule is CCC1CCC(OC(F)(F)C2CCC(C)CC2)C(Cl)C1F. The Balaban J connectivity index is 1.93. The van der Waals surface area contributed by atoms with Gasteiger partial charge in [-0.05, 0) is 37.5 Å². The molecule has 0 aromatic rings. The van der Waals surface area contributed by atoms with Crippen molar-refractivity contribution in [3.05, 3.63) is 0 Å². The highest BCUT2D eigenvalue weighted by molar-refractivity contribution is 6.21. The van der Waals surface area contributed by atoms with E-state index in [2.05, 4.69) is 6.92 Å². The van der Waals surface area contributed by atoms with Crippen molar-refractivity contribution in [2.75, 3.05) is 0 Å². The molecule has 2 aliphatic carbocycles. The molecule has 5 heteroatoms. The fraction of sp³-hybridized carbons (Fsp3) is 1.00. The minimum absolute atomic E-state index is 0.128. The van der Waals surface area contributed by atoms with Gasteiger partial charge >= 0.3 is 6.11 Å². The molecule has 0 N–H and O–H groups in total. The zero-order chi connectivity index (χ0) is 15.6. The van der Waals surface area contributed by atoms with E-state index < -0.39 is 29.7 Å². The lowest BCUT2D eigenvalue weighted by molar-refractivity contribution is -0.302. The standard InChI is InChI=1S/C16H26ClF3O/c1-3-11-6-9-13(14(17)15(11)18)21-16(19,20)12-7-4-10(2)5-8-12/h10-15H,3-9H2,1-2H3. The first-order valence-corrected chi connectivity index (χ1v) is 8.62. The largest absolute Gasteiger partial charge is 0.358 e. The van der Waals surface area contributed by atoms with E-state index in [1.54, 1.807) is 0 Å². The molecule has 0 amide bonds. The van der Waals surface area contributed by atoms with Gasteiger partial charge in [0.25, 0.3) is 0 Å². The monoisotopic (exact) mass is 326 g/mol. The summed E-state index contributed by atoms with van der Waals surface area (Å²) in [7, 11) is 0. The van der Waals surface area contributed by atoms with E-state index in [4.69, 9.17) is 16.3 Å². The number of hydrogen-bond donors (Lipinski definition) is 0. The van der Waals surface area contributed by atoms with E-state index in [1.807, 2.05) is 6.92 Å². The average Bonchev–Trinajstić information content (AvgIpc) is 2.44. The van der Waals surface area contributed by atoms with Crippen LogP contribution >= 0.6 is 11.6 Å². The summed E-state index contributed by atoms with van der Waals surface area (Å²) in [6, 6.07) is 0. The number of rotatable bonds is 4. The second-order valence-corrected chi connectivity index (χ2v) is 7.31. The molecule has 2 saturated carbocycles. The smallest absolute Gasteiger partial charge is 0.315 e. The van der Waals surface area contributed by atoms with E-state index in [9.17, 15) is 13.2 Å². The van der Waals surface area contributed by atoms with Crippen molar-refractivity contribution < 1.29 is 17.9 Å². The molecule has 0 heterocycles. The van der Waals surface area contributed by atoms with Gasteiger partial charge in [0.05, 0.1) is 17.4 Å². The summed E-state index contributed by atoms with van der Waals surface area (Å²) in [6.07, 6.45) is -1.06. The first-order valence-electron chi connectivity index (χ1n) is 8.19. The summed E-state index contributed by atoms with van der Waals surface area (Å²) in [5.41, 5.74) is 0. The molecule has 0 spiro atoms. The van der Waals surface area contributed by atoms with Gasteiger partial charge in [-0.1, -0.05) is 33.1 Å². The maximum atomic E-state index is 14.3. The Morgan fingerprint density at radius 1 is 1.10 bits per heavy atom. The molecule has 0 bridgehead atoms. The topological polar surface area (TPSA) is 9.23 Å². The van der Waals surface area contributed by atoms with Gasteiger partial charge in [0.15, 0.2) is 0 Å². The first-order chi connectivity index (χ1) is 9.85. The molecule has 21 heavy (non-hydrogen) atoms. The highest BCUT2D eigenvalue weighted by Crippen LogP contribution is 2.43. The number of alkyl halides is 4. The van der Waals surface area contributed by atoms with Gasteiger partial charge in [0.2, 0.25) is 0 Å². The first kappa shape index (κ1) is 17.4. The molecule has 2 rings (SSSR count). The van der Waals surface area contributed by atoms with Crippen molar-refractivity contribution >= 4 is 11.6 Å². The highest BCUT2D eigenvalue weighted by Gasteiger charge is 2.48. The van der Waals surface area contributed by atoms with Gasteiger partial charge in [-0.25, -0.2) is 4.39 Å². The molecular formula is C16H26ClF3O. The lowest BCUT2D eigenvalue weighted by atomic mass is 9.81. The van der Waals surface area contributed by atoms with Crippen LogP contribution in [0.3, 0.4) is 0 Å². The Bertz CT molecular complexity index is 331. The molecule has 4 atom stereocenters. The van der Waals surface area contributed by atoms with Crippen molar-refractivity contribution in [2.45, 2.75) is 82.6 Å². The zero-order valence-electron chi connectivity index (χ0n) is 12.8. The van der Waals surface area contributed by atoms with Crippen LogP contribution in [-0.2, 0) is 4.74 Å². The van der Waals surface area contributed by atoms with Crippen LogP contribution in [0.5, 0.6) is 0 Å². The molecule has 0 aromatic heterocycles. The van der Waals surface area contributed by atoms with E-state index >= 15 is 0 Å². The maximum absolute atomic E-state index is 14.3. The molecule has 4 unspecified atom stereocenters. The van der Waals surface area contributed by atoms with Crippen molar-refractivity contribution in [1.82, 2.24) is 0 Å². The number of ether oxygens (including phenoxy) is 1. The Labute approximate surface area is 130 Å². The third-order valence-electron chi connectivity index (χ3n) is 5.26. The van der Waals surface area contributed by atoms with Crippen LogP contribution in [-0.4, -0.2) is 23.8 Å². The Morgan fingerprint density at radius 2 is 1.71 bits per heavy atom. The fourth-order valence-electron chi connectivity index (χ4n) is 3.61. The summed E-state index contributed by atoms with van der Waals surface area (Å²) in [5.74, 6) is -0.371. The van der Waals surface area contributed by atoms with Crippen molar-refractivity contribution in [2.24, 2.45) is 17.8 Å². The van der Waals surface area contributed by atoms with Crippen molar-refractivity contribution in [1.29, 1.82) is 0 Å². The molecular weight excluding hydrogens is 301 g/mol. The molecule has 124 valence electrons. The Kier molecular flexibility index (Phi) is 5.86. The van der Waals surface area contributed by atoms with Gasteiger partial charge in [-0.2, -0.15) is 8.78 Å². The average molecular weight is 327 g/mol. The van der Waals surface area contributed by atoms with Crippen molar-refractivity contribution in [3.8, 4) is 0 Å². The lowest BCUT2D eigenvalue weighted by Gasteiger charge is -2.39. The van der Waals surface area contributed by atoms with Crippen LogP contribution in [0.25, 0.3) is 0 Å². The van der Waals surface area contributed by atoms with Gasteiger partial charge in [0, 0.05) is 0 Å². The van der Waals surface area contributed by atoms with Crippen LogP contribution < -0.4 is 0 Å². The quantitative estimate of drug-likeness (QED) is 0.615. The summed E-state index contributed by atoms with van der Waals surface area (Å²) in [6.45, 7) is 3.99. The molecule has 0 saturated heterocycles. The number of halogens is 4. The summed E-state index contributed by atoms with van der Waals surface area (Å²) in [4.78, 5) is 0. The van der Waals surface area contributed by atoms with Gasteiger partial charge in [-0.3, -0.25) is 0 Å². The van der Waals surface area contributed by atoms with Crippen molar-refractivity contribution in [3.63, 3.8) is 0 Å². The Morgan fingerprint density at radius 3 is 2.29 bits per heavy atom. The third kappa shape index (κ3) is 4.07. The predicted molar refractivity (Wildman–Crippen MR) is 78.5 cm³/mol.